The summed E-state index contributed by atoms with van der Waals surface area (Å²) in [4.78, 5) is 24.3. The van der Waals surface area contributed by atoms with E-state index >= 15 is 0 Å². The number of hydrogen-bond acceptors (Lipinski definition) is 7. The Balaban J connectivity index is 2.09. The second kappa shape index (κ2) is 7.60. The average Bonchev–Trinajstić information content (AvgIpc) is 2.97. The number of amides is 2. The molecule has 1 aliphatic heterocycles. The lowest BCUT2D eigenvalue weighted by Gasteiger charge is -2.16. The van der Waals surface area contributed by atoms with Crippen LogP contribution in [0.1, 0.15) is 16.8 Å². The molecule has 2 amide bonds. The Kier molecular flexibility index (Phi) is 5.73. The minimum absolute atomic E-state index is 0.0253. The maximum Gasteiger partial charge on any atom is 0.273 e. The highest BCUT2D eigenvalue weighted by Gasteiger charge is 2.33. The third-order valence-electron chi connectivity index (χ3n) is 3.85. The number of benzene rings is 1. The number of nitrogens with one attached hydrogen (secondary N) is 2. The summed E-state index contributed by atoms with van der Waals surface area (Å²) in [5, 5.41) is 0. The number of ether oxygens (including phenoxy) is 3. The van der Waals surface area contributed by atoms with Gasteiger partial charge in [-0.15, -0.1) is 0 Å². The van der Waals surface area contributed by atoms with Crippen molar-refractivity contribution in [2.45, 2.75) is 6.42 Å². The number of sulfone groups is 1. The van der Waals surface area contributed by atoms with Gasteiger partial charge in [-0.2, -0.15) is 0 Å². The van der Waals surface area contributed by atoms with Gasteiger partial charge in [0.05, 0.1) is 44.3 Å². The molecule has 1 atom stereocenters. The summed E-state index contributed by atoms with van der Waals surface area (Å²) < 4.78 is 38.4. The van der Waals surface area contributed by atoms with E-state index in [-0.39, 0.29) is 35.0 Å². The molecule has 0 radical (unpaired) electrons. The van der Waals surface area contributed by atoms with Gasteiger partial charge in [-0.1, -0.05) is 0 Å². The smallest absolute Gasteiger partial charge is 0.273 e. The summed E-state index contributed by atoms with van der Waals surface area (Å²) in [5.41, 5.74) is 4.63. The van der Waals surface area contributed by atoms with Crippen LogP contribution in [-0.4, -0.2) is 53.1 Å². The first-order valence-electron chi connectivity index (χ1n) is 7.42. The Bertz CT molecular complexity index is 776. The Morgan fingerprint density at radius 3 is 2.24 bits per heavy atom. The molecule has 0 spiro atoms. The molecule has 9 nitrogen and oxygen atoms in total. The Morgan fingerprint density at radius 1 is 1.04 bits per heavy atom. The van der Waals surface area contributed by atoms with Crippen LogP contribution in [0.2, 0.25) is 0 Å². The lowest BCUT2D eigenvalue weighted by Crippen LogP contribution is -2.45. The summed E-state index contributed by atoms with van der Waals surface area (Å²) >= 11 is 0. The van der Waals surface area contributed by atoms with Crippen molar-refractivity contribution in [1.29, 1.82) is 0 Å². The molecule has 25 heavy (non-hydrogen) atoms. The highest BCUT2D eigenvalue weighted by Crippen LogP contribution is 2.39. The topological polar surface area (TPSA) is 120 Å². The normalized spacial score (nSPS) is 18.3. The summed E-state index contributed by atoms with van der Waals surface area (Å²) in [6, 6.07) is 2.99. The molecule has 0 bridgehead atoms. The first-order valence-corrected chi connectivity index (χ1v) is 9.24. The molecule has 10 heteroatoms. The number of methoxy groups -OCH3 is 3. The largest absolute Gasteiger partial charge is 0.493 e. The van der Waals surface area contributed by atoms with Gasteiger partial charge in [-0.05, 0) is 18.6 Å². The maximum atomic E-state index is 12.3. The second-order valence-corrected chi connectivity index (χ2v) is 7.65. The number of hydrogen-bond donors (Lipinski definition) is 2. The van der Waals surface area contributed by atoms with Gasteiger partial charge in [0.25, 0.3) is 5.91 Å². The molecule has 1 fully saturated rings. The predicted molar refractivity (Wildman–Crippen MR) is 88.5 cm³/mol. The molecule has 0 unspecified atom stereocenters. The van der Waals surface area contributed by atoms with E-state index in [0.717, 1.165) is 0 Å². The predicted octanol–water partition coefficient (Wildman–Crippen LogP) is -0.0919. The molecule has 0 aromatic heterocycles. The van der Waals surface area contributed by atoms with Gasteiger partial charge in [0.2, 0.25) is 11.7 Å². The molecule has 1 aliphatic rings. The third kappa shape index (κ3) is 4.13. The van der Waals surface area contributed by atoms with Gasteiger partial charge in [0.1, 0.15) is 0 Å². The molecule has 2 rings (SSSR count). The standard InChI is InChI=1S/C15H20N2O7S/c1-22-11-5-4-10(12(23-2)13(11)24-3)15(19)17-16-14(18)9-6-7-25(20,21)8-9/h4-5,9H,6-8H2,1-3H3,(H,16,18)(H,17,19)/t9-/m0/s1. The number of carbonyl (C=O) groups excluding carboxylic acids is 2. The molecule has 0 saturated carbocycles. The number of hydrazine groups is 1. The maximum absolute atomic E-state index is 12.3. The van der Waals surface area contributed by atoms with E-state index in [0.29, 0.717) is 5.75 Å². The van der Waals surface area contributed by atoms with Crippen molar-refractivity contribution in [1.82, 2.24) is 10.9 Å². The molecule has 1 heterocycles. The van der Waals surface area contributed by atoms with Gasteiger partial charge >= 0.3 is 0 Å². The van der Waals surface area contributed by atoms with Crippen LogP contribution < -0.4 is 25.1 Å². The fourth-order valence-electron chi connectivity index (χ4n) is 2.57. The van der Waals surface area contributed by atoms with Crippen molar-refractivity contribution in [3.05, 3.63) is 17.7 Å². The van der Waals surface area contributed by atoms with Gasteiger partial charge in [-0.3, -0.25) is 20.4 Å². The van der Waals surface area contributed by atoms with E-state index in [1.54, 1.807) is 0 Å². The summed E-state index contributed by atoms with van der Waals surface area (Å²) in [7, 11) is 1.05. The van der Waals surface area contributed by atoms with Crippen LogP contribution in [0.3, 0.4) is 0 Å². The van der Waals surface area contributed by atoms with Crippen LogP contribution >= 0.6 is 0 Å². The molecule has 1 aromatic rings. The van der Waals surface area contributed by atoms with Crippen molar-refractivity contribution in [2.24, 2.45) is 5.92 Å². The monoisotopic (exact) mass is 372 g/mol. The molecule has 2 N–H and O–H groups in total. The van der Waals surface area contributed by atoms with E-state index in [4.69, 9.17) is 14.2 Å². The van der Waals surface area contributed by atoms with Crippen LogP contribution in [0.4, 0.5) is 0 Å². The van der Waals surface area contributed by atoms with Gasteiger partial charge in [0.15, 0.2) is 21.3 Å². The first-order chi connectivity index (χ1) is 11.8. The van der Waals surface area contributed by atoms with Gasteiger partial charge in [-0.25, -0.2) is 8.42 Å². The van der Waals surface area contributed by atoms with Crippen LogP contribution in [0.15, 0.2) is 12.1 Å². The molecule has 0 aliphatic carbocycles. The zero-order valence-corrected chi connectivity index (χ0v) is 14.9. The first kappa shape index (κ1) is 18.8. The summed E-state index contributed by atoms with van der Waals surface area (Å²) in [5.74, 6) is -1.31. The van der Waals surface area contributed by atoms with Crippen LogP contribution in [0.5, 0.6) is 17.2 Å². The van der Waals surface area contributed by atoms with E-state index in [1.807, 2.05) is 0 Å². The highest BCUT2D eigenvalue weighted by atomic mass is 32.2. The van der Waals surface area contributed by atoms with Gasteiger partial charge in [0, 0.05) is 0 Å². The van der Waals surface area contributed by atoms with Gasteiger partial charge < -0.3 is 14.2 Å². The molecular weight excluding hydrogens is 352 g/mol. The molecule has 138 valence electrons. The Morgan fingerprint density at radius 2 is 1.72 bits per heavy atom. The fraction of sp³-hybridized carbons (Fsp3) is 0.467. The lowest BCUT2D eigenvalue weighted by atomic mass is 10.1. The fourth-order valence-corrected chi connectivity index (χ4v) is 4.31. The molecule has 1 saturated heterocycles. The van der Waals surface area contributed by atoms with Crippen molar-refractivity contribution < 1.29 is 32.2 Å². The minimum atomic E-state index is -3.18. The minimum Gasteiger partial charge on any atom is -0.493 e. The quantitative estimate of drug-likeness (QED) is 0.693. The molecular formula is C15H20N2O7S. The highest BCUT2D eigenvalue weighted by molar-refractivity contribution is 7.91. The van der Waals surface area contributed by atoms with Crippen molar-refractivity contribution >= 4 is 21.7 Å². The van der Waals surface area contributed by atoms with Crippen molar-refractivity contribution in [2.75, 3.05) is 32.8 Å². The summed E-state index contributed by atoms with van der Waals surface area (Å²) in [6.45, 7) is 0. The van der Waals surface area contributed by atoms with Crippen LogP contribution in [0.25, 0.3) is 0 Å². The zero-order chi connectivity index (χ0) is 18.6. The molecule has 1 aromatic carbocycles. The van der Waals surface area contributed by atoms with E-state index in [2.05, 4.69) is 10.9 Å². The second-order valence-electron chi connectivity index (χ2n) is 5.43. The van der Waals surface area contributed by atoms with Crippen molar-refractivity contribution in [3.8, 4) is 17.2 Å². The summed E-state index contributed by atoms with van der Waals surface area (Å²) in [6.07, 6.45) is 0.240. The average molecular weight is 372 g/mol. The lowest BCUT2D eigenvalue weighted by molar-refractivity contribution is -0.125. The zero-order valence-electron chi connectivity index (χ0n) is 14.1. The van der Waals surface area contributed by atoms with Crippen molar-refractivity contribution in [3.63, 3.8) is 0 Å². The van der Waals surface area contributed by atoms with E-state index in [9.17, 15) is 18.0 Å². The van der Waals surface area contributed by atoms with E-state index in [1.165, 1.54) is 33.5 Å². The Hall–Kier alpha value is -2.49. The van der Waals surface area contributed by atoms with Crippen LogP contribution in [-0.2, 0) is 14.6 Å². The Labute approximate surface area is 145 Å². The van der Waals surface area contributed by atoms with Crippen LogP contribution in [0, 0.1) is 5.92 Å². The number of rotatable bonds is 5. The third-order valence-corrected chi connectivity index (χ3v) is 5.62. The number of carbonyl (C=O) groups is 2. The van der Waals surface area contributed by atoms with E-state index < -0.39 is 27.6 Å². The SMILES string of the molecule is COc1ccc(C(=O)NNC(=O)[C@H]2CCS(=O)(=O)C2)c(OC)c1OC.